The summed E-state index contributed by atoms with van der Waals surface area (Å²) in [6.45, 7) is 24.1. The molecule has 0 unspecified atom stereocenters. The van der Waals surface area contributed by atoms with Gasteiger partial charge >= 0.3 is 6.01 Å². The molecule has 1 aromatic rings. The van der Waals surface area contributed by atoms with Crippen LogP contribution in [-0.4, -0.2) is 26.6 Å². The summed E-state index contributed by atoms with van der Waals surface area (Å²) in [5.41, 5.74) is 0.956. The first-order valence-corrected chi connectivity index (χ1v) is 14.1. The predicted octanol–water partition coefficient (Wildman–Crippen LogP) is 5.55. The van der Waals surface area contributed by atoms with Gasteiger partial charge in [-0.2, -0.15) is 4.98 Å². The molecule has 1 aromatic heterocycles. The summed E-state index contributed by atoms with van der Waals surface area (Å²) in [4.78, 5) is 8.95. The Kier molecular flexibility index (Phi) is 5.44. The summed E-state index contributed by atoms with van der Waals surface area (Å²) in [7, 11) is -3.88. The van der Waals surface area contributed by atoms with Gasteiger partial charge in [-0.1, -0.05) is 41.5 Å². The van der Waals surface area contributed by atoms with Crippen LogP contribution in [0.15, 0.2) is 6.20 Å². The molecule has 132 valence electrons. The maximum atomic E-state index is 6.36. The molecular weight excluding hydrogens is 320 g/mol. The Labute approximate surface area is 144 Å². The van der Waals surface area contributed by atoms with Gasteiger partial charge in [0.15, 0.2) is 0 Å². The lowest BCUT2D eigenvalue weighted by molar-refractivity contribution is 0.430. The van der Waals surface area contributed by atoms with Gasteiger partial charge in [-0.3, -0.25) is 0 Å². The molecule has 1 rings (SSSR count). The molecule has 0 aromatic carbocycles. The minimum atomic E-state index is -1.95. The van der Waals surface area contributed by atoms with Gasteiger partial charge in [0.25, 0.3) is 16.6 Å². The van der Waals surface area contributed by atoms with Crippen molar-refractivity contribution in [3.05, 3.63) is 11.8 Å². The number of aromatic nitrogens is 2. The van der Waals surface area contributed by atoms with E-state index < -0.39 is 16.6 Å². The van der Waals surface area contributed by atoms with Gasteiger partial charge in [0.1, 0.15) is 0 Å². The molecule has 0 saturated heterocycles. The quantitative estimate of drug-likeness (QED) is 0.665. The summed E-state index contributed by atoms with van der Waals surface area (Å²) >= 11 is 0. The van der Waals surface area contributed by atoms with E-state index in [1.54, 1.807) is 6.20 Å². The third-order valence-electron chi connectivity index (χ3n) is 5.21. The van der Waals surface area contributed by atoms with Crippen LogP contribution in [0.2, 0.25) is 36.3 Å². The van der Waals surface area contributed by atoms with E-state index in [9.17, 15) is 0 Å². The van der Waals surface area contributed by atoms with Gasteiger partial charge < -0.3 is 8.85 Å². The van der Waals surface area contributed by atoms with Crippen LogP contribution in [0.5, 0.6) is 11.9 Å². The van der Waals surface area contributed by atoms with Crippen molar-refractivity contribution < 1.29 is 8.85 Å². The Bertz CT molecular complexity index is 559. The summed E-state index contributed by atoms with van der Waals surface area (Å²) < 4.78 is 12.6. The molecule has 0 amide bonds. The Morgan fingerprint density at radius 2 is 1.26 bits per heavy atom. The highest BCUT2D eigenvalue weighted by atomic mass is 28.4. The number of nitrogens with zero attached hydrogens (tertiary/aromatic N) is 2. The number of hydrogen-bond acceptors (Lipinski definition) is 4. The monoisotopic (exact) mass is 354 g/mol. The van der Waals surface area contributed by atoms with Crippen LogP contribution in [0.25, 0.3) is 0 Å². The van der Waals surface area contributed by atoms with E-state index in [0.717, 1.165) is 5.56 Å². The second-order valence-electron chi connectivity index (χ2n) is 9.37. The van der Waals surface area contributed by atoms with E-state index in [1.807, 2.05) is 6.92 Å². The molecule has 0 atom stereocenters. The van der Waals surface area contributed by atoms with Crippen molar-refractivity contribution in [3.63, 3.8) is 0 Å². The molecular formula is C17H34N2O2Si2. The van der Waals surface area contributed by atoms with Crippen molar-refractivity contribution in [3.8, 4) is 11.9 Å². The predicted molar refractivity (Wildman–Crippen MR) is 102 cm³/mol. The van der Waals surface area contributed by atoms with E-state index in [-0.39, 0.29) is 10.1 Å². The molecule has 0 aliphatic rings. The highest BCUT2D eigenvalue weighted by molar-refractivity contribution is 6.75. The highest BCUT2D eigenvalue weighted by Crippen LogP contribution is 2.39. The van der Waals surface area contributed by atoms with Crippen LogP contribution in [0.1, 0.15) is 47.1 Å². The summed E-state index contributed by atoms with van der Waals surface area (Å²) in [5.74, 6) is 0.667. The maximum Gasteiger partial charge on any atom is 0.305 e. The largest absolute Gasteiger partial charge is 0.530 e. The normalized spacial score (nSPS) is 13.9. The first-order valence-electron chi connectivity index (χ1n) is 8.28. The zero-order valence-electron chi connectivity index (χ0n) is 16.8. The molecule has 0 spiro atoms. The first-order chi connectivity index (χ1) is 10.1. The molecule has 0 saturated carbocycles. The second kappa shape index (κ2) is 6.20. The minimum Gasteiger partial charge on any atom is -0.530 e. The van der Waals surface area contributed by atoms with E-state index in [0.29, 0.717) is 11.9 Å². The topological polar surface area (TPSA) is 44.2 Å². The third kappa shape index (κ3) is 4.79. The zero-order valence-corrected chi connectivity index (χ0v) is 18.8. The molecule has 1 heterocycles. The van der Waals surface area contributed by atoms with Gasteiger partial charge in [-0.05, 0) is 43.2 Å². The Balaban J connectivity index is 3.10. The standard InChI is InChI=1S/C17H34N2O2Si2/c1-13-12-18-15(21-23(10,11)17(5,6)7)19-14(13)20-22(8,9)16(2,3)4/h12H,1-11H3. The fourth-order valence-corrected chi connectivity index (χ4v) is 3.20. The summed E-state index contributed by atoms with van der Waals surface area (Å²) in [6.07, 6.45) is 1.80. The van der Waals surface area contributed by atoms with Crippen molar-refractivity contribution in [2.75, 3.05) is 0 Å². The number of aryl methyl sites for hydroxylation is 1. The number of rotatable bonds is 4. The number of hydrogen-bond donors (Lipinski definition) is 0. The van der Waals surface area contributed by atoms with Gasteiger partial charge in [0.2, 0.25) is 5.88 Å². The fourth-order valence-electron chi connectivity index (χ4n) is 1.34. The first kappa shape index (κ1) is 20.2. The highest BCUT2D eigenvalue weighted by Gasteiger charge is 2.41. The van der Waals surface area contributed by atoms with Gasteiger partial charge in [-0.15, -0.1) is 0 Å². The Morgan fingerprint density at radius 1 is 0.826 bits per heavy atom. The lowest BCUT2D eigenvalue weighted by atomic mass is 10.2. The van der Waals surface area contributed by atoms with Gasteiger partial charge in [-0.25, -0.2) is 4.98 Å². The van der Waals surface area contributed by atoms with Crippen LogP contribution >= 0.6 is 0 Å². The van der Waals surface area contributed by atoms with Crippen LogP contribution in [0, 0.1) is 6.92 Å². The van der Waals surface area contributed by atoms with E-state index in [4.69, 9.17) is 8.85 Å². The molecule has 0 aliphatic heterocycles. The average molecular weight is 355 g/mol. The van der Waals surface area contributed by atoms with Crippen LogP contribution < -0.4 is 8.85 Å². The molecule has 23 heavy (non-hydrogen) atoms. The van der Waals surface area contributed by atoms with E-state index in [2.05, 4.69) is 77.7 Å². The van der Waals surface area contributed by atoms with Crippen molar-refractivity contribution in [1.29, 1.82) is 0 Å². The van der Waals surface area contributed by atoms with Crippen molar-refractivity contribution in [1.82, 2.24) is 9.97 Å². The van der Waals surface area contributed by atoms with Crippen LogP contribution in [-0.2, 0) is 0 Å². The Morgan fingerprint density at radius 3 is 1.70 bits per heavy atom. The zero-order chi connectivity index (χ0) is 18.3. The molecule has 0 bridgehead atoms. The SMILES string of the molecule is Cc1cnc(O[Si](C)(C)C(C)(C)C)nc1O[Si](C)(C)C(C)(C)C. The van der Waals surface area contributed by atoms with Gasteiger partial charge in [0.05, 0.1) is 0 Å². The van der Waals surface area contributed by atoms with Crippen molar-refractivity contribution in [2.45, 2.75) is 84.7 Å². The summed E-state index contributed by atoms with van der Waals surface area (Å²) in [5, 5.41) is 0.243. The summed E-state index contributed by atoms with van der Waals surface area (Å²) in [6, 6.07) is 0.441. The fraction of sp³-hybridized carbons (Fsp3) is 0.765. The minimum absolute atomic E-state index is 0.113. The molecule has 0 radical (unpaired) electrons. The van der Waals surface area contributed by atoms with Crippen molar-refractivity contribution in [2.24, 2.45) is 0 Å². The molecule has 4 nitrogen and oxygen atoms in total. The van der Waals surface area contributed by atoms with Crippen LogP contribution in [0.3, 0.4) is 0 Å². The molecule has 0 fully saturated rings. The van der Waals surface area contributed by atoms with Crippen molar-refractivity contribution >= 4 is 16.6 Å². The smallest absolute Gasteiger partial charge is 0.305 e. The third-order valence-corrected chi connectivity index (χ3v) is 13.8. The molecule has 0 aliphatic carbocycles. The lowest BCUT2D eigenvalue weighted by Gasteiger charge is -2.37. The van der Waals surface area contributed by atoms with E-state index >= 15 is 0 Å². The Hall–Kier alpha value is -0.886. The second-order valence-corrected chi connectivity index (χ2v) is 18.8. The van der Waals surface area contributed by atoms with E-state index in [1.165, 1.54) is 0 Å². The maximum absolute atomic E-state index is 6.36. The molecule has 0 N–H and O–H groups in total. The molecule has 6 heteroatoms. The lowest BCUT2D eigenvalue weighted by Crippen LogP contribution is -2.45. The average Bonchev–Trinajstić information content (AvgIpc) is 2.29. The van der Waals surface area contributed by atoms with Crippen LogP contribution in [0.4, 0.5) is 0 Å². The van der Waals surface area contributed by atoms with Gasteiger partial charge in [0, 0.05) is 11.8 Å².